The molecule has 10 heteroatoms. The summed E-state index contributed by atoms with van der Waals surface area (Å²) in [5.41, 5.74) is 0.359. The number of unbranched alkanes of at least 4 members (excludes halogenated alkanes) is 2. The van der Waals surface area contributed by atoms with Crippen LogP contribution in [0.4, 0.5) is 10.1 Å². The lowest BCUT2D eigenvalue weighted by Crippen LogP contribution is -2.39. The van der Waals surface area contributed by atoms with E-state index >= 15 is 0 Å². The molecule has 4 rings (SSSR count). The first-order valence-corrected chi connectivity index (χ1v) is 12.4. The third-order valence-corrected chi connectivity index (χ3v) is 6.25. The second-order valence-electron chi connectivity index (χ2n) is 9.56. The second-order valence-corrected chi connectivity index (χ2v) is 9.56. The van der Waals surface area contributed by atoms with Gasteiger partial charge in [-0.2, -0.15) is 10.1 Å². The number of amides is 1. The topological polar surface area (TPSA) is 114 Å². The molecule has 0 atom stereocenters. The molecule has 1 amide bonds. The van der Waals surface area contributed by atoms with Crippen molar-refractivity contribution in [3.05, 3.63) is 58.6 Å². The van der Waals surface area contributed by atoms with E-state index in [9.17, 15) is 14.0 Å². The van der Waals surface area contributed by atoms with Gasteiger partial charge < -0.3 is 14.2 Å². The Morgan fingerprint density at radius 2 is 1.97 bits per heavy atom. The van der Waals surface area contributed by atoms with E-state index < -0.39 is 5.67 Å². The number of hydrogen-bond acceptors (Lipinski definition) is 7. The maximum atomic E-state index is 14.0. The van der Waals surface area contributed by atoms with Crippen LogP contribution >= 0.6 is 0 Å². The van der Waals surface area contributed by atoms with Crippen molar-refractivity contribution in [1.82, 2.24) is 20.3 Å². The van der Waals surface area contributed by atoms with Gasteiger partial charge in [-0.15, -0.1) is 0 Å². The zero-order valence-corrected chi connectivity index (χ0v) is 20.7. The molecule has 1 aliphatic rings. The SMILES string of the molecule is CC(C)(F)c1nc(CCCCCN(C(=O)C2CCOCC2)c2cccc(-c3cn[nH]c(=O)c3)c2)no1. The Balaban J connectivity index is 1.43. The van der Waals surface area contributed by atoms with Gasteiger partial charge in [-0.1, -0.05) is 23.7 Å². The van der Waals surface area contributed by atoms with Crippen LogP contribution in [-0.2, 0) is 21.6 Å². The molecule has 1 saturated heterocycles. The number of aromatic nitrogens is 4. The van der Waals surface area contributed by atoms with E-state index in [0.717, 1.165) is 30.5 Å². The van der Waals surface area contributed by atoms with E-state index in [1.54, 1.807) is 6.20 Å². The molecule has 0 bridgehead atoms. The molecule has 0 unspecified atom stereocenters. The van der Waals surface area contributed by atoms with E-state index in [-0.39, 0.29) is 23.3 Å². The lowest BCUT2D eigenvalue weighted by Gasteiger charge is -2.30. The first-order valence-electron chi connectivity index (χ1n) is 12.4. The normalized spacial score (nSPS) is 14.6. The molecule has 0 aliphatic carbocycles. The molecule has 2 aromatic heterocycles. The molecule has 0 spiro atoms. The molecular formula is C26H32FN5O4. The fourth-order valence-corrected chi connectivity index (χ4v) is 4.25. The van der Waals surface area contributed by atoms with Crippen LogP contribution in [0.3, 0.4) is 0 Å². The van der Waals surface area contributed by atoms with Crippen LogP contribution < -0.4 is 10.5 Å². The lowest BCUT2D eigenvalue weighted by atomic mass is 9.97. The minimum absolute atomic E-state index is 0.0128. The Labute approximate surface area is 209 Å². The maximum absolute atomic E-state index is 14.0. The van der Waals surface area contributed by atoms with Crippen LogP contribution in [0.25, 0.3) is 11.1 Å². The summed E-state index contributed by atoms with van der Waals surface area (Å²) in [5, 5.41) is 10.1. The van der Waals surface area contributed by atoms with Crippen LogP contribution in [0.1, 0.15) is 57.7 Å². The van der Waals surface area contributed by atoms with Crippen LogP contribution in [0.15, 0.2) is 45.8 Å². The third kappa shape index (κ3) is 6.63. The monoisotopic (exact) mass is 497 g/mol. The van der Waals surface area contributed by atoms with Crippen molar-refractivity contribution in [3.8, 4) is 11.1 Å². The Hall–Kier alpha value is -3.40. The summed E-state index contributed by atoms with van der Waals surface area (Å²) in [7, 11) is 0. The van der Waals surface area contributed by atoms with Gasteiger partial charge in [0.2, 0.25) is 5.91 Å². The number of ether oxygens (including phenoxy) is 1. The van der Waals surface area contributed by atoms with Crippen molar-refractivity contribution < 1.29 is 18.4 Å². The number of aryl methyl sites for hydroxylation is 1. The van der Waals surface area contributed by atoms with Crippen molar-refractivity contribution in [2.45, 2.75) is 58.0 Å². The standard InChI is InChI=1S/C26H32FN5O4/c1-26(2,27)25-29-22(31-36-25)9-4-3-5-12-32(24(34)18-10-13-35-14-11-18)21-8-6-7-19(15-21)20-16-23(33)30-28-17-20/h6-8,15-18H,3-5,9-14H2,1-2H3,(H,30,33). The molecular weight excluding hydrogens is 465 g/mol. The Kier molecular flexibility index (Phi) is 8.25. The number of halogens is 1. The van der Waals surface area contributed by atoms with Crippen LogP contribution in [-0.4, -0.2) is 46.0 Å². The molecule has 192 valence electrons. The minimum atomic E-state index is -1.66. The predicted octanol–water partition coefficient (Wildman–Crippen LogP) is 4.20. The average Bonchev–Trinajstić information content (AvgIpc) is 3.36. The number of rotatable bonds is 10. The number of hydrogen-bond donors (Lipinski definition) is 1. The van der Waals surface area contributed by atoms with Gasteiger partial charge in [0.05, 0.1) is 6.20 Å². The summed E-state index contributed by atoms with van der Waals surface area (Å²) in [6.45, 7) is 4.50. The molecule has 3 heterocycles. The largest absolute Gasteiger partial charge is 0.381 e. The Morgan fingerprint density at radius 3 is 2.69 bits per heavy atom. The molecule has 1 aromatic carbocycles. The van der Waals surface area contributed by atoms with Gasteiger partial charge in [0.25, 0.3) is 11.4 Å². The van der Waals surface area contributed by atoms with Gasteiger partial charge in [0.1, 0.15) is 0 Å². The fourth-order valence-electron chi connectivity index (χ4n) is 4.25. The van der Waals surface area contributed by atoms with Gasteiger partial charge >= 0.3 is 0 Å². The highest BCUT2D eigenvalue weighted by Crippen LogP contribution is 2.27. The van der Waals surface area contributed by atoms with E-state index in [2.05, 4.69) is 20.3 Å². The number of anilines is 1. The summed E-state index contributed by atoms with van der Waals surface area (Å²) in [4.78, 5) is 31.2. The summed E-state index contributed by atoms with van der Waals surface area (Å²) in [6.07, 6.45) is 6.01. The van der Waals surface area contributed by atoms with Crippen molar-refractivity contribution in [3.63, 3.8) is 0 Å². The zero-order valence-electron chi connectivity index (χ0n) is 20.7. The van der Waals surface area contributed by atoms with Crippen LogP contribution in [0.2, 0.25) is 0 Å². The molecule has 36 heavy (non-hydrogen) atoms. The summed E-state index contributed by atoms with van der Waals surface area (Å²) in [6, 6.07) is 9.11. The quantitative estimate of drug-likeness (QED) is 0.418. The number of benzene rings is 1. The highest BCUT2D eigenvalue weighted by atomic mass is 19.1. The molecule has 3 aromatic rings. The van der Waals surface area contributed by atoms with Crippen molar-refractivity contribution in [1.29, 1.82) is 0 Å². The van der Waals surface area contributed by atoms with Gasteiger partial charge in [0.15, 0.2) is 11.5 Å². The smallest absolute Gasteiger partial charge is 0.264 e. The average molecular weight is 498 g/mol. The number of H-pyrrole nitrogens is 1. The Morgan fingerprint density at radius 1 is 1.17 bits per heavy atom. The maximum Gasteiger partial charge on any atom is 0.264 e. The lowest BCUT2D eigenvalue weighted by molar-refractivity contribution is -0.125. The third-order valence-electron chi connectivity index (χ3n) is 6.25. The Bertz CT molecular complexity index is 1210. The van der Waals surface area contributed by atoms with Crippen LogP contribution in [0.5, 0.6) is 0 Å². The van der Waals surface area contributed by atoms with Crippen LogP contribution in [0, 0.1) is 5.92 Å². The summed E-state index contributed by atoms with van der Waals surface area (Å²) < 4.78 is 24.4. The fraction of sp³-hybridized carbons (Fsp3) is 0.500. The van der Waals surface area contributed by atoms with Crippen molar-refractivity contribution >= 4 is 11.6 Å². The van der Waals surface area contributed by atoms with Gasteiger partial charge in [-0.3, -0.25) is 9.59 Å². The molecule has 0 saturated carbocycles. The zero-order chi connectivity index (χ0) is 25.5. The van der Waals surface area contributed by atoms with Gasteiger partial charge in [0, 0.05) is 49.4 Å². The number of nitrogens with one attached hydrogen (secondary N) is 1. The van der Waals surface area contributed by atoms with Gasteiger partial charge in [-0.25, -0.2) is 9.49 Å². The molecule has 1 aliphatic heterocycles. The highest BCUT2D eigenvalue weighted by molar-refractivity contribution is 5.95. The number of carbonyl (C=O) groups is 1. The van der Waals surface area contributed by atoms with E-state index in [4.69, 9.17) is 9.26 Å². The minimum Gasteiger partial charge on any atom is -0.381 e. The van der Waals surface area contributed by atoms with Crippen molar-refractivity contribution in [2.24, 2.45) is 5.92 Å². The summed E-state index contributed by atoms with van der Waals surface area (Å²) in [5.74, 6) is 0.490. The summed E-state index contributed by atoms with van der Waals surface area (Å²) >= 11 is 0. The first kappa shape index (κ1) is 25.7. The highest BCUT2D eigenvalue weighted by Gasteiger charge is 2.28. The van der Waals surface area contributed by atoms with E-state index in [0.29, 0.717) is 50.4 Å². The van der Waals surface area contributed by atoms with Gasteiger partial charge in [-0.05, 0) is 57.2 Å². The van der Waals surface area contributed by atoms with E-state index in [1.165, 1.54) is 19.9 Å². The predicted molar refractivity (Wildman–Crippen MR) is 132 cm³/mol. The molecule has 1 fully saturated rings. The molecule has 0 radical (unpaired) electrons. The van der Waals surface area contributed by atoms with E-state index in [1.807, 2.05) is 29.2 Å². The van der Waals surface area contributed by atoms with Crippen molar-refractivity contribution in [2.75, 3.05) is 24.7 Å². The molecule has 9 nitrogen and oxygen atoms in total. The number of alkyl halides is 1. The second kappa shape index (κ2) is 11.6. The first-order chi connectivity index (χ1) is 17.3. The number of nitrogens with zero attached hydrogens (tertiary/aromatic N) is 4. The number of carbonyl (C=O) groups excluding carboxylic acids is 1. The number of aromatic amines is 1. The molecule has 1 N–H and O–H groups in total.